The number of pyridine rings is 1. The largest absolute Gasteiger partial charge is 0.393 e. The average molecular weight is 385 g/mol. The SMILES string of the molecule is Cc1cc(S(=O)(=O)NC(c2ccccn2)C2CC(O)C2)c(Cl)cc1F. The summed E-state index contributed by atoms with van der Waals surface area (Å²) in [5.74, 6) is -0.632. The molecule has 3 rings (SSSR count). The summed E-state index contributed by atoms with van der Waals surface area (Å²) in [6.45, 7) is 1.48. The number of sulfonamides is 1. The highest BCUT2D eigenvalue weighted by Crippen LogP contribution is 2.38. The lowest BCUT2D eigenvalue weighted by Gasteiger charge is -2.37. The van der Waals surface area contributed by atoms with Crippen molar-refractivity contribution >= 4 is 21.6 Å². The lowest BCUT2D eigenvalue weighted by Crippen LogP contribution is -2.41. The predicted octanol–water partition coefficient (Wildman–Crippen LogP) is 2.97. The number of benzene rings is 1. The topological polar surface area (TPSA) is 79.3 Å². The van der Waals surface area contributed by atoms with Crippen LogP contribution in [0.3, 0.4) is 0 Å². The molecule has 0 spiro atoms. The molecule has 8 heteroatoms. The molecular formula is C17H18ClFN2O3S. The molecule has 1 aliphatic rings. The summed E-state index contributed by atoms with van der Waals surface area (Å²) in [6, 6.07) is 6.86. The third kappa shape index (κ3) is 3.84. The number of aromatic nitrogens is 1. The molecule has 5 nitrogen and oxygen atoms in total. The minimum Gasteiger partial charge on any atom is -0.393 e. The van der Waals surface area contributed by atoms with Crippen LogP contribution in [0.2, 0.25) is 5.02 Å². The van der Waals surface area contributed by atoms with E-state index in [2.05, 4.69) is 9.71 Å². The fraction of sp³-hybridized carbons (Fsp3) is 0.353. The van der Waals surface area contributed by atoms with Crippen molar-refractivity contribution in [1.29, 1.82) is 0 Å². The summed E-state index contributed by atoms with van der Waals surface area (Å²) < 4.78 is 41.8. The van der Waals surface area contributed by atoms with E-state index in [0.717, 1.165) is 6.07 Å². The van der Waals surface area contributed by atoms with Crippen molar-refractivity contribution in [2.45, 2.75) is 36.8 Å². The Morgan fingerprint density at radius 3 is 2.68 bits per heavy atom. The standard InChI is InChI=1S/C17H18ClFN2O3S/c1-10-6-16(13(18)9-14(10)19)25(23,24)21-17(11-7-12(22)8-11)15-4-2-3-5-20-15/h2-6,9,11-12,17,21-22H,7-8H2,1H3. The van der Waals surface area contributed by atoms with Gasteiger partial charge in [-0.1, -0.05) is 17.7 Å². The molecule has 0 amide bonds. The molecule has 134 valence electrons. The lowest BCUT2D eigenvalue weighted by atomic mass is 9.76. The van der Waals surface area contributed by atoms with E-state index in [1.807, 2.05) is 0 Å². The molecule has 0 aliphatic heterocycles. The molecule has 25 heavy (non-hydrogen) atoms. The Labute approximate surface area is 150 Å². The van der Waals surface area contributed by atoms with Crippen LogP contribution >= 0.6 is 11.6 Å². The van der Waals surface area contributed by atoms with E-state index in [4.69, 9.17) is 11.6 Å². The van der Waals surface area contributed by atoms with Gasteiger partial charge in [-0.05, 0) is 55.5 Å². The smallest absolute Gasteiger partial charge is 0.242 e. The highest BCUT2D eigenvalue weighted by Gasteiger charge is 2.38. The first kappa shape index (κ1) is 18.3. The molecule has 1 saturated carbocycles. The molecule has 1 aromatic carbocycles. The van der Waals surface area contributed by atoms with Crippen molar-refractivity contribution in [2.75, 3.05) is 0 Å². The van der Waals surface area contributed by atoms with Gasteiger partial charge in [0, 0.05) is 6.20 Å². The van der Waals surface area contributed by atoms with Crippen molar-refractivity contribution < 1.29 is 17.9 Å². The van der Waals surface area contributed by atoms with Crippen molar-refractivity contribution in [3.63, 3.8) is 0 Å². The van der Waals surface area contributed by atoms with Gasteiger partial charge < -0.3 is 5.11 Å². The molecule has 2 N–H and O–H groups in total. The first-order valence-electron chi connectivity index (χ1n) is 7.85. The van der Waals surface area contributed by atoms with Gasteiger partial charge >= 0.3 is 0 Å². The van der Waals surface area contributed by atoms with E-state index in [1.54, 1.807) is 24.4 Å². The van der Waals surface area contributed by atoms with Gasteiger partial charge in [-0.15, -0.1) is 0 Å². The van der Waals surface area contributed by atoms with E-state index in [9.17, 15) is 17.9 Å². The van der Waals surface area contributed by atoms with Crippen LogP contribution in [0.15, 0.2) is 41.4 Å². The number of hydrogen-bond acceptors (Lipinski definition) is 4. The third-order valence-corrected chi connectivity index (χ3v) is 6.32. The fourth-order valence-corrected chi connectivity index (χ4v) is 4.80. The van der Waals surface area contributed by atoms with Crippen molar-refractivity contribution in [2.24, 2.45) is 5.92 Å². The highest BCUT2D eigenvalue weighted by atomic mass is 35.5. The molecule has 1 fully saturated rings. The van der Waals surface area contributed by atoms with E-state index >= 15 is 0 Å². The normalized spacial score (nSPS) is 21.6. The van der Waals surface area contributed by atoms with Crippen LogP contribution in [0, 0.1) is 18.7 Å². The van der Waals surface area contributed by atoms with Crippen molar-refractivity contribution in [3.05, 3.63) is 58.6 Å². The molecule has 2 aromatic rings. The Morgan fingerprint density at radius 2 is 2.08 bits per heavy atom. The Bertz CT molecular complexity index is 871. The second-order valence-corrected chi connectivity index (χ2v) is 8.36. The molecule has 1 heterocycles. The summed E-state index contributed by atoms with van der Waals surface area (Å²) in [6.07, 6.45) is 2.12. The molecule has 0 bridgehead atoms. The van der Waals surface area contributed by atoms with E-state index < -0.39 is 28.0 Å². The zero-order valence-electron chi connectivity index (χ0n) is 13.5. The lowest BCUT2D eigenvalue weighted by molar-refractivity contribution is 0.0273. The van der Waals surface area contributed by atoms with Crippen LogP contribution in [-0.2, 0) is 10.0 Å². The van der Waals surface area contributed by atoms with Crippen molar-refractivity contribution in [1.82, 2.24) is 9.71 Å². The monoisotopic (exact) mass is 384 g/mol. The molecule has 0 radical (unpaired) electrons. The Hall–Kier alpha value is -1.54. The number of nitrogens with one attached hydrogen (secondary N) is 1. The number of rotatable bonds is 5. The molecule has 1 aromatic heterocycles. The zero-order valence-corrected chi connectivity index (χ0v) is 15.1. The number of aliphatic hydroxyl groups is 1. The Balaban J connectivity index is 1.95. The average Bonchev–Trinajstić information content (AvgIpc) is 2.54. The van der Waals surface area contributed by atoms with Gasteiger partial charge in [0.05, 0.1) is 22.9 Å². The van der Waals surface area contributed by atoms with Gasteiger partial charge in [-0.25, -0.2) is 17.5 Å². The number of aliphatic hydroxyl groups excluding tert-OH is 1. The Kier molecular flexibility index (Phi) is 5.11. The van der Waals surface area contributed by atoms with Gasteiger partial charge in [0.15, 0.2) is 0 Å². The summed E-state index contributed by atoms with van der Waals surface area (Å²) in [5, 5.41) is 9.40. The highest BCUT2D eigenvalue weighted by molar-refractivity contribution is 7.89. The van der Waals surface area contributed by atoms with Crippen LogP contribution in [0.5, 0.6) is 0 Å². The second-order valence-electron chi connectivity index (χ2n) is 6.27. The maximum Gasteiger partial charge on any atom is 0.242 e. The minimum absolute atomic E-state index is 0.0694. The van der Waals surface area contributed by atoms with Crippen LogP contribution in [-0.4, -0.2) is 24.6 Å². The molecule has 1 atom stereocenters. The number of hydrogen-bond donors (Lipinski definition) is 2. The first-order chi connectivity index (χ1) is 11.8. The minimum atomic E-state index is -3.99. The van der Waals surface area contributed by atoms with E-state index in [1.165, 1.54) is 13.0 Å². The van der Waals surface area contributed by atoms with Crippen molar-refractivity contribution in [3.8, 4) is 0 Å². The molecule has 1 aliphatic carbocycles. The number of halogens is 2. The van der Waals surface area contributed by atoms with Crippen LogP contribution in [0.25, 0.3) is 0 Å². The summed E-state index contributed by atoms with van der Waals surface area (Å²) in [4.78, 5) is 4.07. The van der Waals surface area contributed by atoms with Gasteiger partial charge in [-0.2, -0.15) is 0 Å². The zero-order chi connectivity index (χ0) is 18.2. The second kappa shape index (κ2) is 6.99. The van der Waals surface area contributed by atoms with Gasteiger partial charge in [-0.3, -0.25) is 4.98 Å². The number of nitrogens with zero attached hydrogens (tertiary/aromatic N) is 1. The third-order valence-electron chi connectivity index (χ3n) is 4.41. The van der Waals surface area contributed by atoms with Crippen LogP contribution in [0.4, 0.5) is 4.39 Å². The number of aryl methyl sites for hydroxylation is 1. The van der Waals surface area contributed by atoms with Crippen LogP contribution < -0.4 is 4.72 Å². The summed E-state index contributed by atoms with van der Waals surface area (Å²) in [7, 11) is -3.99. The summed E-state index contributed by atoms with van der Waals surface area (Å²) >= 11 is 5.95. The van der Waals surface area contributed by atoms with Gasteiger partial charge in [0.1, 0.15) is 10.7 Å². The fourth-order valence-electron chi connectivity index (χ4n) is 2.93. The molecule has 1 unspecified atom stereocenters. The quantitative estimate of drug-likeness (QED) is 0.830. The molecule has 0 saturated heterocycles. The Morgan fingerprint density at radius 1 is 1.36 bits per heavy atom. The van der Waals surface area contributed by atoms with Gasteiger partial charge in [0.2, 0.25) is 10.0 Å². The van der Waals surface area contributed by atoms with Crippen LogP contribution in [0.1, 0.15) is 30.1 Å². The van der Waals surface area contributed by atoms with E-state index in [-0.39, 0.29) is 21.4 Å². The summed E-state index contributed by atoms with van der Waals surface area (Å²) in [5.41, 5.74) is 0.760. The maximum atomic E-state index is 13.6. The molecular weight excluding hydrogens is 367 g/mol. The van der Waals surface area contributed by atoms with E-state index in [0.29, 0.717) is 18.5 Å². The first-order valence-corrected chi connectivity index (χ1v) is 9.71. The predicted molar refractivity (Wildman–Crippen MR) is 92.2 cm³/mol. The maximum absolute atomic E-state index is 13.6. The van der Waals surface area contributed by atoms with Gasteiger partial charge in [0.25, 0.3) is 0 Å².